The third-order valence-electron chi connectivity index (χ3n) is 14.8. The topological polar surface area (TPSA) is 96.3 Å². The molecular weight excluding hydrogens is 617 g/mol. The van der Waals surface area contributed by atoms with Crippen molar-refractivity contribution < 1.29 is 24.3 Å². The van der Waals surface area contributed by atoms with Crippen molar-refractivity contribution in [1.29, 1.82) is 0 Å². The van der Waals surface area contributed by atoms with Crippen molar-refractivity contribution in [2.45, 2.75) is 131 Å². The number of carboxylic acid groups (broad SMARTS) is 1. The first-order valence-electron chi connectivity index (χ1n) is 17.6. The quantitative estimate of drug-likeness (QED) is 0.136. The summed E-state index contributed by atoms with van der Waals surface area (Å²) in [6, 6.07) is 0. The predicted molar refractivity (Wildman–Crippen MR) is 186 cm³/mol. The number of rotatable bonds is 5. The Bertz CT molecular complexity index is 1420. The van der Waals surface area contributed by atoms with Gasteiger partial charge in [-0.15, -0.1) is 0 Å². The van der Waals surface area contributed by atoms with Crippen LogP contribution in [0, 0.1) is 50.2 Å². The summed E-state index contributed by atoms with van der Waals surface area (Å²) in [5.74, 6) is -0.288. The normalized spacial score (nSPS) is 43.6. The van der Waals surface area contributed by atoms with Gasteiger partial charge in [0.2, 0.25) is 5.91 Å². The first kappa shape index (κ1) is 34.1. The number of fused-ring (bicyclic) bond motifs is 7. The average molecular weight is 671 g/mol. The maximum absolute atomic E-state index is 12.9. The molecule has 1 amide bonds. The molecule has 46 heavy (non-hydrogen) atoms. The van der Waals surface area contributed by atoms with Gasteiger partial charge < -0.3 is 9.94 Å². The van der Waals surface area contributed by atoms with Gasteiger partial charge in [-0.1, -0.05) is 96.2 Å². The van der Waals surface area contributed by atoms with Crippen molar-refractivity contribution in [1.82, 2.24) is 4.90 Å². The zero-order valence-electron chi connectivity index (χ0n) is 29.2. The fourth-order valence-electron chi connectivity index (χ4n) is 11.8. The maximum Gasteiger partial charge on any atom is 0.354 e. The largest absolute Gasteiger partial charge is 0.481 e. The summed E-state index contributed by atoms with van der Waals surface area (Å²) in [5.41, 5.74) is 1.82. The van der Waals surface area contributed by atoms with Gasteiger partial charge in [0.15, 0.2) is 0 Å². The third-order valence-corrected chi connectivity index (χ3v) is 16.5. The number of oxime groups is 1. The van der Waals surface area contributed by atoms with Crippen molar-refractivity contribution in [3.63, 3.8) is 0 Å². The molecule has 0 aromatic heterocycles. The first-order chi connectivity index (χ1) is 21.4. The SMILES string of the molecule is CC[C@@H]1SC(=S)N(CC(=O)O/N=C2/CC[C@@]3(C)[C@H](CC[C@]4(C)[C@@H]3CC=C3[C@H]5CC(C)(C)CC[C@]5(C(=O)O)CC[C@]34C)C2(C)C)C1=O. The Hall–Kier alpha value is -1.74. The van der Waals surface area contributed by atoms with Crippen LogP contribution in [0.5, 0.6) is 0 Å². The molecule has 0 aromatic carbocycles. The average Bonchev–Trinajstić information content (AvgIpc) is 3.24. The van der Waals surface area contributed by atoms with Gasteiger partial charge in [0.05, 0.1) is 16.4 Å². The number of aliphatic carboxylic acids is 1. The number of thiocarbonyl (C=S) groups is 1. The van der Waals surface area contributed by atoms with Gasteiger partial charge in [0.25, 0.3) is 0 Å². The molecule has 0 bridgehead atoms. The van der Waals surface area contributed by atoms with Gasteiger partial charge in [-0.25, -0.2) is 4.79 Å². The van der Waals surface area contributed by atoms with Crippen LogP contribution in [0.15, 0.2) is 16.8 Å². The van der Waals surface area contributed by atoms with Crippen LogP contribution in [0.2, 0.25) is 0 Å². The number of carbonyl (C=O) groups is 3. The van der Waals surface area contributed by atoms with Crippen LogP contribution in [0.25, 0.3) is 0 Å². The van der Waals surface area contributed by atoms with E-state index in [1.54, 1.807) is 0 Å². The summed E-state index contributed by atoms with van der Waals surface area (Å²) in [7, 11) is 0. The summed E-state index contributed by atoms with van der Waals surface area (Å²) in [4.78, 5) is 45.3. The highest BCUT2D eigenvalue weighted by atomic mass is 32.2. The molecule has 0 radical (unpaired) electrons. The molecule has 5 fully saturated rings. The number of thioether (sulfide) groups is 1. The van der Waals surface area contributed by atoms with E-state index in [0.29, 0.717) is 22.6 Å². The van der Waals surface area contributed by atoms with E-state index in [1.165, 1.54) is 22.2 Å². The number of carboxylic acids is 1. The molecule has 1 aliphatic heterocycles. The highest BCUT2D eigenvalue weighted by molar-refractivity contribution is 8.24. The first-order valence-corrected chi connectivity index (χ1v) is 18.9. The van der Waals surface area contributed by atoms with E-state index in [2.05, 4.69) is 59.7 Å². The van der Waals surface area contributed by atoms with E-state index in [0.717, 1.165) is 69.9 Å². The molecule has 7 nitrogen and oxygen atoms in total. The van der Waals surface area contributed by atoms with Crippen molar-refractivity contribution in [2.24, 2.45) is 55.4 Å². The molecule has 0 spiro atoms. The summed E-state index contributed by atoms with van der Waals surface area (Å²) in [5, 5.41) is 14.9. The smallest absolute Gasteiger partial charge is 0.354 e. The van der Waals surface area contributed by atoms with Crippen LogP contribution in [0.4, 0.5) is 0 Å². The molecule has 8 atom stereocenters. The molecule has 6 aliphatic rings. The summed E-state index contributed by atoms with van der Waals surface area (Å²) in [6.45, 7) is 18.5. The lowest BCUT2D eigenvalue weighted by atomic mass is 9.33. The number of hydrogen-bond donors (Lipinski definition) is 1. The van der Waals surface area contributed by atoms with Crippen molar-refractivity contribution in [3.8, 4) is 0 Å². The van der Waals surface area contributed by atoms with Crippen LogP contribution < -0.4 is 0 Å². The summed E-state index contributed by atoms with van der Waals surface area (Å²) in [6.07, 6.45) is 12.6. The fraction of sp³-hybridized carbons (Fsp3) is 0.811. The van der Waals surface area contributed by atoms with Gasteiger partial charge in [-0.3, -0.25) is 14.5 Å². The highest BCUT2D eigenvalue weighted by Crippen LogP contribution is 2.75. The zero-order chi connectivity index (χ0) is 33.7. The molecule has 0 unspecified atom stereocenters. The fourth-order valence-corrected chi connectivity index (χ4v) is 13.2. The van der Waals surface area contributed by atoms with Crippen LogP contribution in [-0.2, 0) is 19.2 Å². The Balaban J connectivity index is 1.24. The number of nitrogens with zero attached hydrogens (tertiary/aromatic N) is 2. The van der Waals surface area contributed by atoms with E-state index in [-0.39, 0.29) is 50.7 Å². The monoisotopic (exact) mass is 670 g/mol. The molecule has 9 heteroatoms. The van der Waals surface area contributed by atoms with Gasteiger partial charge in [0.1, 0.15) is 10.9 Å². The number of carbonyl (C=O) groups excluding carboxylic acids is 2. The van der Waals surface area contributed by atoms with Gasteiger partial charge in [-0.05, 0) is 110 Å². The number of allylic oxidation sites excluding steroid dienone is 2. The molecule has 1 heterocycles. The summed E-state index contributed by atoms with van der Waals surface area (Å²) >= 11 is 6.69. The third kappa shape index (κ3) is 4.81. The standard InChI is InChI=1S/C37H54N2O5S2/c1-9-24-29(41)39(31(45)46-24)21-28(40)44-38-27-13-14-34(6)25(33(27,4)5)12-15-36(8)26(34)11-10-22-23-20-32(2,3)16-18-37(23,30(42)43)19-17-35(22,36)7/h10,23-26H,9,11-21H2,1-8H3,(H,42,43)/b38-27-/t23-,24+,25-,26-,34+,35-,36-,37+/m1/s1. The minimum atomic E-state index is -0.621. The molecule has 254 valence electrons. The van der Waals surface area contributed by atoms with E-state index in [4.69, 9.17) is 17.1 Å². The van der Waals surface area contributed by atoms with Gasteiger partial charge in [-0.2, -0.15) is 0 Å². The summed E-state index contributed by atoms with van der Waals surface area (Å²) < 4.78 is 0.428. The van der Waals surface area contributed by atoms with E-state index < -0.39 is 17.4 Å². The second-order valence-electron chi connectivity index (χ2n) is 17.6. The van der Waals surface area contributed by atoms with Gasteiger partial charge in [0, 0.05) is 5.41 Å². The van der Waals surface area contributed by atoms with Gasteiger partial charge >= 0.3 is 11.9 Å². The molecule has 1 saturated heterocycles. The molecule has 0 aromatic rings. The zero-order valence-corrected chi connectivity index (χ0v) is 30.8. The van der Waals surface area contributed by atoms with Crippen LogP contribution in [0.3, 0.4) is 0 Å². The van der Waals surface area contributed by atoms with Crippen LogP contribution in [-0.4, -0.2) is 49.7 Å². The Morgan fingerprint density at radius 2 is 1.74 bits per heavy atom. The molecular formula is C37H54N2O5S2. The number of amides is 1. The Kier molecular flexibility index (Phi) is 8.27. The molecule has 6 rings (SSSR count). The van der Waals surface area contributed by atoms with E-state index in [9.17, 15) is 19.5 Å². The Morgan fingerprint density at radius 3 is 2.39 bits per heavy atom. The molecule has 1 N–H and O–H groups in total. The van der Waals surface area contributed by atoms with E-state index >= 15 is 0 Å². The lowest BCUT2D eigenvalue weighted by Crippen LogP contribution is -2.64. The van der Waals surface area contributed by atoms with Crippen LogP contribution >= 0.6 is 24.0 Å². The van der Waals surface area contributed by atoms with Crippen molar-refractivity contribution >= 4 is 51.9 Å². The minimum absolute atomic E-state index is 0.0162. The molecule has 5 aliphatic carbocycles. The second kappa shape index (κ2) is 11.1. The maximum atomic E-state index is 12.9. The van der Waals surface area contributed by atoms with Crippen molar-refractivity contribution in [2.75, 3.05) is 6.54 Å². The highest BCUT2D eigenvalue weighted by Gasteiger charge is 2.69. The predicted octanol–water partition coefficient (Wildman–Crippen LogP) is 8.41. The van der Waals surface area contributed by atoms with Crippen molar-refractivity contribution in [3.05, 3.63) is 11.6 Å². The van der Waals surface area contributed by atoms with Crippen LogP contribution in [0.1, 0.15) is 126 Å². The Morgan fingerprint density at radius 1 is 1.04 bits per heavy atom. The van der Waals surface area contributed by atoms with E-state index in [1.807, 2.05) is 6.92 Å². The second-order valence-corrected chi connectivity index (χ2v) is 19.4. The lowest BCUT2D eigenvalue weighted by Gasteiger charge is -2.70. The molecule has 4 saturated carbocycles. The lowest BCUT2D eigenvalue weighted by molar-refractivity contribution is -0.179. The number of hydrogen-bond acceptors (Lipinski definition) is 7. The Labute approximate surface area is 285 Å². The minimum Gasteiger partial charge on any atom is -0.481 e.